The second kappa shape index (κ2) is 5.85. The van der Waals surface area contributed by atoms with E-state index in [1.165, 1.54) is 0 Å². The Labute approximate surface area is 113 Å². The molecule has 19 heavy (non-hydrogen) atoms. The Balaban J connectivity index is 2.25. The summed E-state index contributed by atoms with van der Waals surface area (Å²) >= 11 is 0. The minimum absolute atomic E-state index is 0.642. The van der Waals surface area contributed by atoms with Crippen molar-refractivity contribution in [3.05, 3.63) is 58.9 Å². The summed E-state index contributed by atoms with van der Waals surface area (Å²) in [6.07, 6.45) is -0.649. The number of aliphatic hydroxyl groups is 1. The van der Waals surface area contributed by atoms with Crippen LogP contribution in [-0.2, 0) is 0 Å². The van der Waals surface area contributed by atoms with Gasteiger partial charge in [-0.15, -0.1) is 0 Å². The molecule has 2 rings (SSSR count). The number of aromatic nitrogens is 1. The Morgan fingerprint density at radius 1 is 1.11 bits per heavy atom. The molecule has 1 unspecified atom stereocenters. The van der Waals surface area contributed by atoms with E-state index in [1.54, 1.807) is 0 Å². The summed E-state index contributed by atoms with van der Waals surface area (Å²) < 4.78 is 5.39. The number of aliphatic hydroxyl groups excluding tert-OH is 1. The lowest BCUT2D eigenvalue weighted by Gasteiger charge is -2.14. The van der Waals surface area contributed by atoms with E-state index in [0.717, 1.165) is 28.3 Å². The number of hydrogen-bond donors (Lipinski definition) is 1. The van der Waals surface area contributed by atoms with Crippen LogP contribution >= 0.6 is 0 Å². The molecule has 1 aromatic heterocycles. The predicted octanol–water partition coefficient (Wildman–Crippen LogP) is 3.18. The van der Waals surface area contributed by atoms with Crippen LogP contribution < -0.4 is 4.74 Å². The highest BCUT2D eigenvalue weighted by molar-refractivity contribution is 5.35. The highest BCUT2D eigenvalue weighted by Gasteiger charge is 2.13. The number of ether oxygens (including phenoxy) is 1. The lowest BCUT2D eigenvalue weighted by atomic mass is 10.00. The van der Waals surface area contributed by atoms with Gasteiger partial charge in [-0.2, -0.15) is 0 Å². The lowest BCUT2D eigenvalue weighted by Crippen LogP contribution is -2.04. The van der Waals surface area contributed by atoms with Gasteiger partial charge in [-0.05, 0) is 44.5 Å². The average Bonchev–Trinajstić information content (AvgIpc) is 2.39. The molecule has 0 spiro atoms. The molecule has 3 nitrogen and oxygen atoms in total. The summed E-state index contributed by atoms with van der Waals surface area (Å²) in [5.41, 5.74) is 3.51. The Morgan fingerprint density at radius 2 is 1.79 bits per heavy atom. The first-order valence-corrected chi connectivity index (χ1v) is 6.46. The molecule has 0 bridgehead atoms. The zero-order valence-corrected chi connectivity index (χ0v) is 11.6. The fourth-order valence-corrected chi connectivity index (χ4v) is 2.08. The molecule has 2 aromatic rings. The molecule has 1 aromatic carbocycles. The lowest BCUT2D eigenvalue weighted by molar-refractivity contribution is 0.219. The minimum Gasteiger partial charge on any atom is -0.494 e. The van der Waals surface area contributed by atoms with Crippen molar-refractivity contribution in [3.63, 3.8) is 0 Å². The van der Waals surface area contributed by atoms with Gasteiger partial charge in [0.1, 0.15) is 11.9 Å². The molecule has 3 heteroatoms. The third kappa shape index (κ3) is 3.12. The van der Waals surface area contributed by atoms with Gasteiger partial charge < -0.3 is 9.84 Å². The van der Waals surface area contributed by atoms with Gasteiger partial charge in [0.05, 0.1) is 6.61 Å². The van der Waals surface area contributed by atoms with Crippen LogP contribution in [0, 0.1) is 13.8 Å². The van der Waals surface area contributed by atoms with Crippen LogP contribution in [0.25, 0.3) is 0 Å². The van der Waals surface area contributed by atoms with Crippen molar-refractivity contribution in [2.45, 2.75) is 26.9 Å². The molecule has 100 valence electrons. The van der Waals surface area contributed by atoms with E-state index < -0.39 is 6.10 Å². The van der Waals surface area contributed by atoms with Crippen LogP contribution in [0.1, 0.15) is 35.5 Å². The zero-order valence-electron chi connectivity index (χ0n) is 11.6. The minimum atomic E-state index is -0.649. The first-order chi connectivity index (χ1) is 9.11. The van der Waals surface area contributed by atoms with E-state index in [0.29, 0.717) is 6.61 Å². The smallest absolute Gasteiger partial charge is 0.119 e. The summed E-state index contributed by atoms with van der Waals surface area (Å²) in [7, 11) is 0. The van der Waals surface area contributed by atoms with Crippen LogP contribution in [0.15, 0.2) is 36.4 Å². The van der Waals surface area contributed by atoms with Crippen molar-refractivity contribution < 1.29 is 9.84 Å². The second-order valence-electron chi connectivity index (χ2n) is 4.53. The van der Waals surface area contributed by atoms with Crippen molar-refractivity contribution in [3.8, 4) is 5.75 Å². The fraction of sp³-hybridized carbons (Fsp3) is 0.312. The maximum atomic E-state index is 10.4. The normalized spacial score (nSPS) is 12.2. The molecule has 0 saturated carbocycles. The summed E-state index contributed by atoms with van der Waals surface area (Å²) in [5, 5.41) is 10.4. The first-order valence-electron chi connectivity index (χ1n) is 6.46. The fourth-order valence-electron chi connectivity index (χ4n) is 2.08. The number of hydrogen-bond acceptors (Lipinski definition) is 3. The van der Waals surface area contributed by atoms with Gasteiger partial charge in [0.15, 0.2) is 0 Å². The molecule has 1 N–H and O–H groups in total. The molecular weight excluding hydrogens is 238 g/mol. The Kier molecular flexibility index (Phi) is 4.17. The Bertz CT molecular complexity index is 549. The largest absolute Gasteiger partial charge is 0.494 e. The maximum absolute atomic E-state index is 10.4. The van der Waals surface area contributed by atoms with E-state index in [-0.39, 0.29) is 0 Å². The molecule has 1 atom stereocenters. The molecule has 0 fully saturated rings. The molecule has 0 amide bonds. The summed E-state index contributed by atoms with van der Waals surface area (Å²) in [5.74, 6) is 0.817. The first kappa shape index (κ1) is 13.6. The second-order valence-corrected chi connectivity index (χ2v) is 4.53. The van der Waals surface area contributed by atoms with Crippen LogP contribution in [0.4, 0.5) is 0 Å². The number of benzene rings is 1. The Morgan fingerprint density at radius 3 is 2.37 bits per heavy atom. The molecule has 0 radical (unpaired) electrons. The van der Waals surface area contributed by atoms with Crippen molar-refractivity contribution in [1.82, 2.24) is 4.98 Å². The van der Waals surface area contributed by atoms with Gasteiger partial charge in [-0.1, -0.05) is 18.2 Å². The van der Waals surface area contributed by atoms with E-state index in [1.807, 2.05) is 57.2 Å². The van der Waals surface area contributed by atoms with Crippen LogP contribution in [-0.4, -0.2) is 16.7 Å². The molecule has 0 aliphatic rings. The number of rotatable bonds is 4. The number of pyridine rings is 1. The van der Waals surface area contributed by atoms with Gasteiger partial charge in [0.2, 0.25) is 0 Å². The summed E-state index contributed by atoms with van der Waals surface area (Å²) in [6.45, 7) is 6.45. The quantitative estimate of drug-likeness (QED) is 0.914. The van der Waals surface area contributed by atoms with E-state index in [9.17, 15) is 5.11 Å². The van der Waals surface area contributed by atoms with E-state index in [4.69, 9.17) is 4.74 Å². The topological polar surface area (TPSA) is 42.4 Å². The van der Waals surface area contributed by atoms with Crippen molar-refractivity contribution in [2.24, 2.45) is 0 Å². The molecule has 0 aliphatic heterocycles. The highest BCUT2D eigenvalue weighted by Crippen LogP contribution is 2.25. The third-order valence-corrected chi connectivity index (χ3v) is 3.07. The van der Waals surface area contributed by atoms with Gasteiger partial charge >= 0.3 is 0 Å². The van der Waals surface area contributed by atoms with E-state index >= 15 is 0 Å². The maximum Gasteiger partial charge on any atom is 0.119 e. The number of aryl methyl sites for hydroxylation is 2. The molecule has 0 saturated heterocycles. The van der Waals surface area contributed by atoms with Crippen LogP contribution in [0.2, 0.25) is 0 Å². The van der Waals surface area contributed by atoms with Gasteiger partial charge in [0.25, 0.3) is 0 Å². The van der Waals surface area contributed by atoms with Gasteiger partial charge in [-0.25, -0.2) is 0 Å². The standard InChI is InChI=1S/C16H19NO2/c1-4-19-14-8-6-13(7-9-14)16(18)15-10-5-11(2)17-12(15)3/h5-10,16,18H,4H2,1-3H3. The van der Waals surface area contributed by atoms with Crippen LogP contribution in [0.5, 0.6) is 5.75 Å². The summed E-state index contributed by atoms with van der Waals surface area (Å²) in [6, 6.07) is 11.4. The SMILES string of the molecule is CCOc1ccc(C(O)c2ccc(C)nc2C)cc1. The van der Waals surface area contributed by atoms with Crippen molar-refractivity contribution in [2.75, 3.05) is 6.61 Å². The average molecular weight is 257 g/mol. The Hall–Kier alpha value is -1.87. The van der Waals surface area contributed by atoms with Gasteiger partial charge in [0, 0.05) is 17.0 Å². The number of nitrogens with zero attached hydrogens (tertiary/aromatic N) is 1. The van der Waals surface area contributed by atoms with Crippen molar-refractivity contribution >= 4 is 0 Å². The monoisotopic (exact) mass is 257 g/mol. The molecular formula is C16H19NO2. The molecule has 0 aliphatic carbocycles. The third-order valence-electron chi connectivity index (χ3n) is 3.07. The van der Waals surface area contributed by atoms with Gasteiger partial charge in [-0.3, -0.25) is 4.98 Å². The zero-order chi connectivity index (χ0) is 13.8. The van der Waals surface area contributed by atoms with Crippen LogP contribution in [0.3, 0.4) is 0 Å². The van der Waals surface area contributed by atoms with E-state index in [2.05, 4.69) is 4.98 Å². The molecule has 1 heterocycles. The highest BCUT2D eigenvalue weighted by atomic mass is 16.5. The predicted molar refractivity (Wildman–Crippen MR) is 75.4 cm³/mol. The summed E-state index contributed by atoms with van der Waals surface area (Å²) in [4.78, 5) is 4.38. The van der Waals surface area contributed by atoms with Crippen molar-refractivity contribution in [1.29, 1.82) is 0 Å².